The lowest BCUT2D eigenvalue weighted by atomic mass is 9.83. The third-order valence-corrected chi connectivity index (χ3v) is 6.60. The van der Waals surface area contributed by atoms with Crippen molar-refractivity contribution < 1.29 is 19.0 Å². The van der Waals surface area contributed by atoms with Crippen LogP contribution in [0.4, 0.5) is 0 Å². The Bertz CT molecular complexity index is 1410. The van der Waals surface area contributed by atoms with Crippen LogP contribution in [0.2, 0.25) is 0 Å². The Labute approximate surface area is 203 Å². The van der Waals surface area contributed by atoms with E-state index in [2.05, 4.69) is 24.0 Å². The van der Waals surface area contributed by atoms with Crippen molar-refractivity contribution in [2.75, 3.05) is 21.3 Å². The zero-order chi connectivity index (χ0) is 24.7. The number of benzene rings is 2. The fourth-order valence-corrected chi connectivity index (χ4v) is 4.77. The number of rotatable bonds is 6. The van der Waals surface area contributed by atoms with Gasteiger partial charge in [-0.05, 0) is 53.6 Å². The van der Waals surface area contributed by atoms with E-state index >= 15 is 0 Å². The smallest absolute Gasteiger partial charge is 0.185 e. The zero-order valence-electron chi connectivity index (χ0n) is 20.5. The summed E-state index contributed by atoms with van der Waals surface area (Å²) in [7, 11) is 4.87. The maximum Gasteiger partial charge on any atom is 0.185 e. The summed E-state index contributed by atoms with van der Waals surface area (Å²) in [5.41, 5.74) is 5.67. The molecule has 4 aromatic rings. The Morgan fingerprint density at radius 1 is 0.914 bits per heavy atom. The first-order chi connectivity index (χ1) is 16.9. The molecular weight excluding hydrogens is 444 g/mol. The van der Waals surface area contributed by atoms with E-state index in [1.54, 1.807) is 21.3 Å². The summed E-state index contributed by atoms with van der Waals surface area (Å²) in [4.78, 5) is 13.1. The largest absolute Gasteiger partial charge is 0.497 e. The van der Waals surface area contributed by atoms with Crippen LogP contribution in [0.15, 0.2) is 42.5 Å². The number of hydrogen-bond acceptors (Lipinski definition) is 7. The number of carbonyl (C=O) groups is 1. The van der Waals surface area contributed by atoms with Crippen LogP contribution in [-0.4, -0.2) is 46.9 Å². The van der Waals surface area contributed by atoms with Crippen LogP contribution in [0.5, 0.6) is 17.2 Å². The molecule has 8 heteroatoms. The molecule has 2 aromatic heterocycles. The first-order valence-corrected chi connectivity index (χ1v) is 11.6. The molecule has 0 amide bonds. The first kappa shape index (κ1) is 22.8. The molecule has 0 fully saturated rings. The van der Waals surface area contributed by atoms with Gasteiger partial charge in [-0.1, -0.05) is 32.0 Å². The Balaban J connectivity index is 1.64. The number of nitrogens with zero attached hydrogens (tertiary/aromatic N) is 4. The normalized spacial score (nSPS) is 15.4. The second-order valence-corrected chi connectivity index (χ2v) is 9.02. The molecule has 35 heavy (non-hydrogen) atoms. The Morgan fingerprint density at radius 2 is 1.66 bits per heavy atom. The lowest BCUT2D eigenvalue weighted by Crippen LogP contribution is -2.24. The number of carbonyl (C=O) groups excluding carboxylic acids is 1. The van der Waals surface area contributed by atoms with Crippen molar-refractivity contribution in [2.24, 2.45) is 0 Å². The van der Waals surface area contributed by atoms with Gasteiger partial charge in [-0.2, -0.15) is 5.10 Å². The topological polar surface area (TPSA) is 87.8 Å². The fraction of sp³-hybridized carbons (Fsp3) is 0.333. The predicted molar refractivity (Wildman–Crippen MR) is 132 cm³/mol. The SMILES string of the molecule is COc1ccc(-c2c(C(C)C)nn3c4c(nnc23)C(=O)CC(c2ccc(OC)c(OC)c2)C4)cc1. The van der Waals surface area contributed by atoms with Crippen molar-refractivity contribution in [1.82, 2.24) is 19.8 Å². The summed E-state index contributed by atoms with van der Waals surface area (Å²) in [5, 5.41) is 13.8. The molecule has 0 saturated heterocycles. The molecule has 5 rings (SSSR count). The van der Waals surface area contributed by atoms with E-state index in [9.17, 15) is 4.79 Å². The molecule has 2 heterocycles. The average molecular weight is 473 g/mol. The maximum atomic E-state index is 13.1. The molecule has 1 aliphatic carbocycles. The molecular formula is C27H28N4O4. The van der Waals surface area contributed by atoms with Gasteiger partial charge in [0.25, 0.3) is 0 Å². The number of ketones is 1. The van der Waals surface area contributed by atoms with Crippen molar-refractivity contribution in [1.29, 1.82) is 0 Å². The minimum absolute atomic E-state index is 0.0293. The van der Waals surface area contributed by atoms with E-state index < -0.39 is 0 Å². The van der Waals surface area contributed by atoms with Gasteiger partial charge in [-0.15, -0.1) is 10.2 Å². The van der Waals surface area contributed by atoms with Crippen LogP contribution in [-0.2, 0) is 6.42 Å². The second-order valence-electron chi connectivity index (χ2n) is 9.02. The summed E-state index contributed by atoms with van der Waals surface area (Å²) in [6.07, 6.45) is 0.968. The molecule has 180 valence electrons. The number of hydrogen-bond donors (Lipinski definition) is 0. The number of fused-ring (bicyclic) bond motifs is 3. The highest BCUT2D eigenvalue weighted by atomic mass is 16.5. The quantitative estimate of drug-likeness (QED) is 0.396. The van der Waals surface area contributed by atoms with Crippen molar-refractivity contribution in [3.8, 4) is 28.4 Å². The molecule has 0 bridgehead atoms. The zero-order valence-corrected chi connectivity index (χ0v) is 20.5. The van der Waals surface area contributed by atoms with Gasteiger partial charge in [0, 0.05) is 6.42 Å². The predicted octanol–water partition coefficient (Wildman–Crippen LogP) is 4.85. The van der Waals surface area contributed by atoms with Gasteiger partial charge in [-0.3, -0.25) is 4.79 Å². The summed E-state index contributed by atoms with van der Waals surface area (Å²) in [6, 6.07) is 13.7. The van der Waals surface area contributed by atoms with E-state index in [1.165, 1.54) is 0 Å². The summed E-state index contributed by atoms with van der Waals surface area (Å²) < 4.78 is 18.0. The Hall–Kier alpha value is -3.94. The van der Waals surface area contributed by atoms with Gasteiger partial charge in [-0.25, -0.2) is 4.52 Å². The van der Waals surface area contributed by atoms with Crippen molar-refractivity contribution >= 4 is 11.4 Å². The fourth-order valence-electron chi connectivity index (χ4n) is 4.77. The van der Waals surface area contributed by atoms with E-state index in [0.29, 0.717) is 35.7 Å². The highest BCUT2D eigenvalue weighted by molar-refractivity contribution is 5.97. The van der Waals surface area contributed by atoms with Crippen LogP contribution < -0.4 is 14.2 Å². The standard InChI is InChI=1S/C27H28N4O4/c1-15(2)25-24(16-6-9-19(33-3)10-7-16)27-29-28-26-20(31(27)30-25)12-18(13-21(26)32)17-8-11-22(34-4)23(14-17)35-5/h6-11,14-15,18H,12-13H2,1-5H3. The van der Waals surface area contributed by atoms with Gasteiger partial charge < -0.3 is 14.2 Å². The molecule has 0 N–H and O–H groups in total. The number of ether oxygens (including phenoxy) is 3. The van der Waals surface area contributed by atoms with E-state index in [0.717, 1.165) is 33.8 Å². The van der Waals surface area contributed by atoms with Crippen LogP contribution in [0.1, 0.15) is 59.5 Å². The van der Waals surface area contributed by atoms with Crippen LogP contribution in [0.3, 0.4) is 0 Å². The molecule has 1 atom stereocenters. The minimum Gasteiger partial charge on any atom is -0.497 e. The van der Waals surface area contributed by atoms with Gasteiger partial charge >= 0.3 is 0 Å². The molecule has 2 aromatic carbocycles. The third-order valence-electron chi connectivity index (χ3n) is 6.60. The maximum absolute atomic E-state index is 13.1. The van der Waals surface area contributed by atoms with Crippen molar-refractivity contribution in [2.45, 2.75) is 38.5 Å². The number of aromatic nitrogens is 4. The van der Waals surface area contributed by atoms with Gasteiger partial charge in [0.05, 0.1) is 38.3 Å². The van der Waals surface area contributed by atoms with E-state index in [1.807, 2.05) is 47.0 Å². The number of Topliss-reactive ketones (excluding diaryl/α,β-unsaturated/α-hetero) is 1. The van der Waals surface area contributed by atoms with Gasteiger partial charge in [0.2, 0.25) is 0 Å². The highest BCUT2D eigenvalue weighted by Crippen LogP contribution is 2.38. The van der Waals surface area contributed by atoms with Crippen LogP contribution in [0, 0.1) is 0 Å². The molecule has 1 unspecified atom stereocenters. The van der Waals surface area contributed by atoms with E-state index in [4.69, 9.17) is 19.3 Å². The van der Waals surface area contributed by atoms with Crippen LogP contribution in [0.25, 0.3) is 16.8 Å². The second kappa shape index (κ2) is 9.02. The summed E-state index contributed by atoms with van der Waals surface area (Å²) in [5.74, 6) is 2.17. The third kappa shape index (κ3) is 3.88. The Morgan fingerprint density at radius 3 is 2.31 bits per heavy atom. The highest BCUT2D eigenvalue weighted by Gasteiger charge is 2.32. The summed E-state index contributed by atoms with van der Waals surface area (Å²) in [6.45, 7) is 4.21. The molecule has 0 saturated carbocycles. The van der Waals surface area contributed by atoms with Gasteiger partial charge in [0.1, 0.15) is 5.75 Å². The molecule has 1 aliphatic rings. The first-order valence-electron chi connectivity index (χ1n) is 11.6. The van der Waals surface area contributed by atoms with Crippen molar-refractivity contribution in [3.05, 3.63) is 65.1 Å². The Kier molecular flexibility index (Phi) is 5.88. The molecule has 0 aliphatic heterocycles. The molecule has 0 radical (unpaired) electrons. The van der Waals surface area contributed by atoms with E-state index in [-0.39, 0.29) is 17.6 Å². The summed E-state index contributed by atoms with van der Waals surface area (Å²) >= 11 is 0. The van der Waals surface area contributed by atoms with Crippen molar-refractivity contribution in [3.63, 3.8) is 0 Å². The van der Waals surface area contributed by atoms with Crippen LogP contribution >= 0.6 is 0 Å². The van der Waals surface area contributed by atoms with Gasteiger partial charge in [0.15, 0.2) is 28.6 Å². The number of methoxy groups -OCH3 is 3. The lowest BCUT2D eigenvalue weighted by molar-refractivity contribution is 0.0955. The molecule has 8 nitrogen and oxygen atoms in total. The monoisotopic (exact) mass is 472 g/mol. The lowest BCUT2D eigenvalue weighted by Gasteiger charge is -2.24. The minimum atomic E-state index is -0.0342. The molecule has 0 spiro atoms. The average Bonchev–Trinajstić information content (AvgIpc) is 3.29.